The Bertz CT molecular complexity index is 400. The summed E-state index contributed by atoms with van der Waals surface area (Å²) >= 11 is 0. The van der Waals surface area contributed by atoms with Crippen LogP contribution in [0.3, 0.4) is 0 Å². The number of hydrogen-bond acceptors (Lipinski definition) is 2. The second-order valence-corrected chi connectivity index (χ2v) is 6.38. The summed E-state index contributed by atoms with van der Waals surface area (Å²) in [5.41, 5.74) is 2.64. The summed E-state index contributed by atoms with van der Waals surface area (Å²) in [4.78, 5) is 2.40. The average Bonchev–Trinajstić information content (AvgIpc) is 2.28. The molecule has 100 valence electrons. The number of nitrogens with zero attached hydrogens (tertiary/aromatic N) is 1. The van der Waals surface area contributed by atoms with Crippen molar-refractivity contribution in [1.82, 2.24) is 4.90 Å². The molecular formula is C16H25NO. The molecule has 0 saturated carbocycles. The number of piperidine rings is 1. The first-order valence-electron chi connectivity index (χ1n) is 6.94. The van der Waals surface area contributed by atoms with E-state index in [4.69, 9.17) is 0 Å². The molecule has 1 aliphatic heterocycles. The molecule has 2 rings (SSSR count). The quantitative estimate of drug-likeness (QED) is 0.887. The van der Waals surface area contributed by atoms with Crippen molar-refractivity contribution in [3.05, 3.63) is 35.4 Å². The van der Waals surface area contributed by atoms with Crippen LogP contribution in [0.1, 0.15) is 43.9 Å². The van der Waals surface area contributed by atoms with Gasteiger partial charge in [0.25, 0.3) is 0 Å². The number of benzene rings is 1. The molecular weight excluding hydrogens is 222 g/mol. The zero-order valence-corrected chi connectivity index (χ0v) is 11.8. The third-order valence-electron chi connectivity index (χ3n) is 3.96. The largest absolute Gasteiger partial charge is 0.387 e. The summed E-state index contributed by atoms with van der Waals surface area (Å²) in [6.07, 6.45) is 2.18. The highest BCUT2D eigenvalue weighted by molar-refractivity contribution is 5.27. The molecule has 1 aromatic carbocycles. The van der Waals surface area contributed by atoms with Gasteiger partial charge in [-0.1, -0.05) is 38.1 Å². The Labute approximate surface area is 111 Å². The number of β-amino-alcohol motifs (C(OH)–C–C–N with tert-alkyl or cyclic N) is 1. The highest BCUT2D eigenvalue weighted by Crippen LogP contribution is 2.29. The molecule has 1 aliphatic rings. The number of hydrogen-bond donors (Lipinski definition) is 1. The normalized spacial score (nSPS) is 21.8. The highest BCUT2D eigenvalue weighted by Gasteiger charge is 2.27. The van der Waals surface area contributed by atoms with Crippen LogP contribution in [0.4, 0.5) is 0 Å². The van der Waals surface area contributed by atoms with Crippen LogP contribution in [0.5, 0.6) is 0 Å². The minimum Gasteiger partial charge on any atom is -0.387 e. The Morgan fingerprint density at radius 2 is 2.06 bits per heavy atom. The smallest absolute Gasteiger partial charge is 0.0919 e. The summed E-state index contributed by atoms with van der Waals surface area (Å²) in [6, 6.07) is 8.13. The van der Waals surface area contributed by atoms with E-state index in [2.05, 4.69) is 31.7 Å². The third-order valence-corrected chi connectivity index (χ3v) is 3.96. The first kappa shape index (κ1) is 13.6. The molecule has 0 aliphatic carbocycles. The van der Waals surface area contributed by atoms with Gasteiger partial charge in [-0.2, -0.15) is 0 Å². The van der Waals surface area contributed by atoms with E-state index in [1.165, 1.54) is 18.4 Å². The van der Waals surface area contributed by atoms with Gasteiger partial charge in [0, 0.05) is 13.1 Å². The Balaban J connectivity index is 1.99. The van der Waals surface area contributed by atoms with Crippen molar-refractivity contribution in [1.29, 1.82) is 0 Å². The molecule has 1 heterocycles. The zero-order valence-electron chi connectivity index (χ0n) is 11.8. The fraction of sp³-hybridized carbons (Fsp3) is 0.625. The van der Waals surface area contributed by atoms with E-state index in [0.717, 1.165) is 25.2 Å². The number of aryl methyl sites for hydroxylation is 1. The maximum Gasteiger partial charge on any atom is 0.0919 e. The van der Waals surface area contributed by atoms with Gasteiger partial charge in [0.05, 0.1) is 6.10 Å². The molecule has 0 bridgehead atoms. The fourth-order valence-electron chi connectivity index (χ4n) is 3.00. The predicted octanol–water partition coefficient (Wildman–Crippen LogP) is 3.15. The van der Waals surface area contributed by atoms with Gasteiger partial charge in [0.1, 0.15) is 0 Å². The second-order valence-electron chi connectivity index (χ2n) is 6.38. The molecule has 1 atom stereocenters. The molecule has 1 saturated heterocycles. The van der Waals surface area contributed by atoms with Crippen molar-refractivity contribution < 1.29 is 5.11 Å². The van der Waals surface area contributed by atoms with Crippen molar-refractivity contribution in [2.75, 3.05) is 19.6 Å². The molecule has 0 aromatic heterocycles. The topological polar surface area (TPSA) is 23.5 Å². The van der Waals surface area contributed by atoms with Crippen molar-refractivity contribution >= 4 is 0 Å². The van der Waals surface area contributed by atoms with Crippen molar-refractivity contribution in [3.63, 3.8) is 0 Å². The van der Waals surface area contributed by atoms with Gasteiger partial charge in [-0.05, 0) is 42.9 Å². The van der Waals surface area contributed by atoms with Gasteiger partial charge in [-0.25, -0.2) is 0 Å². The molecule has 2 heteroatoms. The van der Waals surface area contributed by atoms with E-state index in [0.29, 0.717) is 5.41 Å². The Hall–Kier alpha value is -0.860. The van der Waals surface area contributed by atoms with Gasteiger partial charge in [-0.3, -0.25) is 4.90 Å². The summed E-state index contributed by atoms with van der Waals surface area (Å²) in [5, 5.41) is 10.4. The highest BCUT2D eigenvalue weighted by atomic mass is 16.3. The lowest BCUT2D eigenvalue weighted by atomic mass is 9.84. The van der Waals surface area contributed by atoms with Crippen LogP contribution in [0, 0.1) is 12.3 Å². The molecule has 0 radical (unpaired) electrons. The summed E-state index contributed by atoms with van der Waals surface area (Å²) in [6.45, 7) is 9.67. The van der Waals surface area contributed by atoms with Gasteiger partial charge < -0.3 is 5.11 Å². The fourth-order valence-corrected chi connectivity index (χ4v) is 3.00. The van der Waals surface area contributed by atoms with E-state index in [1.54, 1.807) is 0 Å². The maximum atomic E-state index is 10.4. The number of likely N-dealkylation sites (tertiary alicyclic amines) is 1. The van der Waals surface area contributed by atoms with E-state index >= 15 is 0 Å². The molecule has 0 spiro atoms. The van der Waals surface area contributed by atoms with Crippen LogP contribution in [-0.2, 0) is 0 Å². The van der Waals surface area contributed by atoms with Gasteiger partial charge >= 0.3 is 0 Å². The Kier molecular flexibility index (Phi) is 4.08. The Morgan fingerprint density at radius 3 is 2.72 bits per heavy atom. The minimum absolute atomic E-state index is 0.361. The maximum absolute atomic E-state index is 10.4. The van der Waals surface area contributed by atoms with E-state index < -0.39 is 0 Å². The van der Waals surface area contributed by atoms with Crippen LogP contribution in [-0.4, -0.2) is 29.6 Å². The molecule has 1 unspecified atom stereocenters. The Morgan fingerprint density at radius 1 is 1.33 bits per heavy atom. The molecule has 1 N–H and O–H groups in total. The molecule has 18 heavy (non-hydrogen) atoms. The average molecular weight is 247 g/mol. The van der Waals surface area contributed by atoms with Crippen LogP contribution >= 0.6 is 0 Å². The predicted molar refractivity (Wildman–Crippen MR) is 75.6 cm³/mol. The molecule has 1 fully saturated rings. The first-order valence-corrected chi connectivity index (χ1v) is 6.94. The van der Waals surface area contributed by atoms with Gasteiger partial charge in [0.15, 0.2) is 0 Å². The number of rotatable bonds is 3. The van der Waals surface area contributed by atoms with Crippen molar-refractivity contribution in [2.24, 2.45) is 5.41 Å². The van der Waals surface area contributed by atoms with Crippen LogP contribution in [0.15, 0.2) is 24.3 Å². The van der Waals surface area contributed by atoms with Crippen molar-refractivity contribution in [3.8, 4) is 0 Å². The summed E-state index contributed by atoms with van der Waals surface area (Å²) in [5.74, 6) is 0. The zero-order chi connectivity index (χ0) is 13.2. The minimum atomic E-state index is -0.361. The lowest BCUT2D eigenvalue weighted by molar-refractivity contribution is 0.0595. The third kappa shape index (κ3) is 3.33. The van der Waals surface area contributed by atoms with E-state index in [9.17, 15) is 5.11 Å². The van der Waals surface area contributed by atoms with Crippen molar-refractivity contribution in [2.45, 2.75) is 39.7 Å². The monoisotopic (exact) mass is 247 g/mol. The van der Waals surface area contributed by atoms with E-state index in [1.807, 2.05) is 18.2 Å². The molecule has 1 aromatic rings. The molecule has 0 amide bonds. The van der Waals surface area contributed by atoms with E-state index in [-0.39, 0.29) is 6.10 Å². The van der Waals surface area contributed by atoms with Gasteiger partial charge in [-0.15, -0.1) is 0 Å². The van der Waals surface area contributed by atoms with Crippen LogP contribution in [0.25, 0.3) is 0 Å². The van der Waals surface area contributed by atoms with Crippen LogP contribution < -0.4 is 0 Å². The lowest BCUT2D eigenvalue weighted by Crippen LogP contribution is -2.42. The van der Waals surface area contributed by atoms with Gasteiger partial charge in [0.2, 0.25) is 0 Å². The summed E-state index contributed by atoms with van der Waals surface area (Å²) < 4.78 is 0. The standard InChI is InChI=1S/C16H25NO/c1-13-7-4-5-8-14(13)15(18)11-17-10-6-9-16(2,3)12-17/h4-5,7-8,15,18H,6,9-12H2,1-3H3. The summed E-state index contributed by atoms with van der Waals surface area (Å²) in [7, 11) is 0. The molecule has 2 nitrogen and oxygen atoms in total. The lowest BCUT2D eigenvalue weighted by Gasteiger charge is -2.39. The second kappa shape index (κ2) is 5.41. The number of aliphatic hydroxyl groups excluding tert-OH is 1. The number of aliphatic hydroxyl groups is 1. The first-order chi connectivity index (χ1) is 8.48. The van der Waals surface area contributed by atoms with Crippen LogP contribution in [0.2, 0.25) is 0 Å². The SMILES string of the molecule is Cc1ccccc1C(O)CN1CCCC(C)(C)C1.